The van der Waals surface area contributed by atoms with Gasteiger partial charge in [0.2, 0.25) is 0 Å². The van der Waals surface area contributed by atoms with Gasteiger partial charge in [0, 0.05) is 55.1 Å². The topological polar surface area (TPSA) is 83.9 Å². The van der Waals surface area contributed by atoms with E-state index in [4.69, 9.17) is 26.7 Å². The molecule has 2 aliphatic rings. The number of para-hydroxylation sites is 1. The first kappa shape index (κ1) is 30.8. The van der Waals surface area contributed by atoms with E-state index in [0.717, 1.165) is 57.2 Å². The van der Waals surface area contributed by atoms with E-state index in [0.29, 0.717) is 16.5 Å². The van der Waals surface area contributed by atoms with Crippen molar-refractivity contribution in [2.45, 2.75) is 38.9 Å². The van der Waals surface area contributed by atoms with Gasteiger partial charge in [0.15, 0.2) is 11.7 Å². The average molecular weight is 625 g/mol. The third-order valence-corrected chi connectivity index (χ3v) is 8.85. The number of carbonyl (C=O) groups excluding carboxylic acids is 1. The lowest BCUT2D eigenvalue weighted by molar-refractivity contribution is -0.118. The van der Waals surface area contributed by atoms with Gasteiger partial charge in [0.1, 0.15) is 5.75 Å². The number of thiocarbonyl (C=S) groups is 1. The molecule has 234 valence electrons. The van der Waals surface area contributed by atoms with Crippen molar-refractivity contribution >= 4 is 34.6 Å². The van der Waals surface area contributed by atoms with Crippen LogP contribution in [0.15, 0.2) is 85.1 Å². The lowest BCUT2D eigenvalue weighted by Crippen LogP contribution is -2.37. The Morgan fingerprint density at radius 3 is 2.51 bits per heavy atom. The lowest BCUT2D eigenvalue weighted by Gasteiger charge is -2.28. The number of hydrogen-bond acceptors (Lipinski definition) is 6. The Morgan fingerprint density at radius 2 is 1.78 bits per heavy atom. The Balaban J connectivity index is 1.21. The monoisotopic (exact) mass is 624 g/mol. The molecule has 0 spiro atoms. The first-order valence-electron chi connectivity index (χ1n) is 15.5. The highest BCUT2D eigenvalue weighted by atomic mass is 32.1. The normalized spacial score (nSPS) is 18.5. The van der Waals surface area contributed by atoms with Gasteiger partial charge < -0.3 is 29.6 Å². The minimum Gasteiger partial charge on any atom is -0.484 e. The van der Waals surface area contributed by atoms with Crippen LogP contribution in [-0.2, 0) is 16.1 Å². The molecule has 2 unspecified atom stereocenters. The average Bonchev–Trinajstić information content (AvgIpc) is 3.56. The molecule has 0 aliphatic carbocycles. The highest BCUT2D eigenvalue weighted by molar-refractivity contribution is 7.80. The second kappa shape index (κ2) is 14.2. The molecule has 2 atom stereocenters. The third-order valence-electron chi connectivity index (χ3n) is 8.53. The minimum absolute atomic E-state index is 0.0677. The number of aromatic nitrogens is 2. The fraction of sp³-hybridized carbons (Fsp3) is 0.343. The first-order valence-corrected chi connectivity index (χ1v) is 15.9. The zero-order valence-electron chi connectivity index (χ0n) is 25.8. The van der Waals surface area contributed by atoms with E-state index in [2.05, 4.69) is 51.0 Å². The molecule has 2 aromatic carbocycles. The van der Waals surface area contributed by atoms with Crippen LogP contribution >= 0.6 is 12.2 Å². The summed E-state index contributed by atoms with van der Waals surface area (Å²) < 4.78 is 13.5. The Kier molecular flexibility index (Phi) is 9.73. The summed E-state index contributed by atoms with van der Waals surface area (Å²) >= 11 is 5.96. The number of carbonyl (C=O) groups is 1. The fourth-order valence-electron chi connectivity index (χ4n) is 6.27. The number of nitrogens with zero attached hydrogens (tertiary/aromatic N) is 4. The van der Waals surface area contributed by atoms with Gasteiger partial charge in [-0.05, 0) is 92.6 Å². The second-order valence-corrected chi connectivity index (χ2v) is 11.9. The lowest BCUT2D eigenvalue weighted by atomic mass is 9.96. The molecule has 6 rings (SSSR count). The quantitative estimate of drug-likeness (QED) is 0.214. The maximum Gasteiger partial charge on any atom is 0.262 e. The van der Waals surface area contributed by atoms with Crippen molar-refractivity contribution in [3.05, 3.63) is 108 Å². The summed E-state index contributed by atoms with van der Waals surface area (Å²) in [7, 11) is 0. The summed E-state index contributed by atoms with van der Waals surface area (Å²) in [6.45, 7) is 10.00. The van der Waals surface area contributed by atoms with Gasteiger partial charge in [-0.2, -0.15) is 0 Å². The number of benzene rings is 2. The maximum absolute atomic E-state index is 12.6. The van der Waals surface area contributed by atoms with Gasteiger partial charge in [0.25, 0.3) is 5.91 Å². The van der Waals surface area contributed by atoms with E-state index < -0.39 is 0 Å². The van der Waals surface area contributed by atoms with E-state index >= 15 is 0 Å². The van der Waals surface area contributed by atoms with E-state index in [1.54, 1.807) is 0 Å². The number of ether oxygens (including phenoxy) is 2. The van der Waals surface area contributed by atoms with Gasteiger partial charge >= 0.3 is 0 Å². The molecule has 4 aromatic rings. The molecule has 1 amide bonds. The summed E-state index contributed by atoms with van der Waals surface area (Å²) in [4.78, 5) is 21.9. The Morgan fingerprint density at radius 1 is 1.02 bits per heavy atom. The zero-order valence-corrected chi connectivity index (χ0v) is 26.6. The molecule has 2 fully saturated rings. The molecule has 4 heterocycles. The molecular weight excluding hydrogens is 584 g/mol. The van der Waals surface area contributed by atoms with Crippen LogP contribution in [0.1, 0.15) is 41.1 Å². The highest BCUT2D eigenvalue weighted by Gasteiger charge is 2.42. The molecular formula is C35H40N6O3S. The van der Waals surface area contributed by atoms with Crippen molar-refractivity contribution in [2.75, 3.05) is 49.7 Å². The molecule has 2 N–H and O–H groups in total. The van der Waals surface area contributed by atoms with Crippen LogP contribution in [0, 0.1) is 13.8 Å². The van der Waals surface area contributed by atoms with Crippen molar-refractivity contribution in [3.8, 4) is 5.75 Å². The first-order chi connectivity index (χ1) is 22.0. The van der Waals surface area contributed by atoms with Gasteiger partial charge in [-0.3, -0.25) is 14.7 Å². The summed E-state index contributed by atoms with van der Waals surface area (Å²) in [6, 6.07) is 25.2. The number of rotatable bonds is 11. The molecule has 45 heavy (non-hydrogen) atoms. The number of hydrogen-bond donors (Lipinski definition) is 2. The van der Waals surface area contributed by atoms with Crippen LogP contribution in [-0.4, -0.2) is 64.9 Å². The van der Waals surface area contributed by atoms with Crippen molar-refractivity contribution in [1.82, 2.24) is 19.8 Å². The highest BCUT2D eigenvalue weighted by Crippen LogP contribution is 2.43. The summed E-state index contributed by atoms with van der Waals surface area (Å²) in [5.74, 6) is 0.433. The molecule has 0 saturated carbocycles. The molecule has 9 nitrogen and oxygen atoms in total. The molecule has 2 saturated heterocycles. The van der Waals surface area contributed by atoms with Gasteiger partial charge in [-0.1, -0.05) is 24.3 Å². The molecule has 0 radical (unpaired) electrons. The number of pyridine rings is 1. The van der Waals surface area contributed by atoms with E-state index in [9.17, 15) is 4.79 Å². The summed E-state index contributed by atoms with van der Waals surface area (Å²) in [5.41, 5.74) is 6.25. The molecule has 0 bridgehead atoms. The number of amides is 1. The Bertz CT molecular complexity index is 1590. The van der Waals surface area contributed by atoms with Gasteiger partial charge in [-0.15, -0.1) is 0 Å². The van der Waals surface area contributed by atoms with Crippen molar-refractivity contribution in [3.63, 3.8) is 0 Å². The minimum atomic E-state index is -0.223. The van der Waals surface area contributed by atoms with E-state index in [1.807, 2.05) is 72.9 Å². The number of anilines is 2. The van der Waals surface area contributed by atoms with E-state index in [1.165, 1.54) is 17.0 Å². The zero-order chi connectivity index (χ0) is 31.2. The number of aryl methyl sites for hydroxylation is 1. The predicted molar refractivity (Wildman–Crippen MR) is 181 cm³/mol. The summed E-state index contributed by atoms with van der Waals surface area (Å²) in [5, 5.41) is 7.14. The van der Waals surface area contributed by atoms with Gasteiger partial charge in [-0.25, -0.2) is 0 Å². The number of nitrogens with one attached hydrogen (secondary N) is 2. The maximum atomic E-state index is 12.6. The predicted octanol–water partition coefficient (Wildman–Crippen LogP) is 5.42. The van der Waals surface area contributed by atoms with Crippen LogP contribution in [0.2, 0.25) is 0 Å². The standard InChI is InChI=1S/C35H40N6O3S/c1-25-23-30(26(2)40(25)18-8-17-39-19-21-43-22-20-39)34-33(31-11-6-7-16-36-31)38-35(45)41(34)28-14-12-27(13-15-28)37-32(42)24-44-29-9-4-3-5-10-29/h3-7,9-16,23,33-34H,8,17-22,24H2,1-2H3,(H,37,42)(H,38,45). The van der Waals surface area contributed by atoms with Gasteiger partial charge in [0.05, 0.1) is 31.0 Å². The largest absolute Gasteiger partial charge is 0.484 e. The number of morpholine rings is 1. The van der Waals surface area contributed by atoms with Crippen LogP contribution in [0.25, 0.3) is 0 Å². The fourth-order valence-corrected chi connectivity index (χ4v) is 6.61. The second-order valence-electron chi connectivity index (χ2n) is 11.5. The third kappa shape index (κ3) is 7.19. The molecule has 2 aromatic heterocycles. The molecule has 10 heteroatoms. The molecule has 2 aliphatic heterocycles. The summed E-state index contributed by atoms with van der Waals surface area (Å²) in [6.07, 6.45) is 2.90. The van der Waals surface area contributed by atoms with Crippen molar-refractivity contribution in [1.29, 1.82) is 0 Å². The van der Waals surface area contributed by atoms with Crippen LogP contribution in [0.5, 0.6) is 5.75 Å². The Hall–Kier alpha value is -4.25. The van der Waals surface area contributed by atoms with Crippen molar-refractivity contribution in [2.24, 2.45) is 0 Å². The van der Waals surface area contributed by atoms with Crippen LogP contribution < -0.4 is 20.3 Å². The van der Waals surface area contributed by atoms with Crippen molar-refractivity contribution < 1.29 is 14.3 Å². The van der Waals surface area contributed by atoms with E-state index in [-0.39, 0.29) is 24.6 Å². The van der Waals surface area contributed by atoms with Crippen LogP contribution in [0.3, 0.4) is 0 Å². The Labute approximate surface area is 270 Å². The smallest absolute Gasteiger partial charge is 0.262 e. The SMILES string of the molecule is Cc1cc(C2C(c3ccccn3)NC(=S)N2c2ccc(NC(=O)COc3ccccc3)cc2)c(C)n1CCCN1CCOCC1. The van der Waals surface area contributed by atoms with Crippen LogP contribution in [0.4, 0.5) is 11.4 Å².